The van der Waals surface area contributed by atoms with Gasteiger partial charge in [-0.05, 0) is 75.9 Å². The van der Waals surface area contributed by atoms with Crippen molar-refractivity contribution in [2.24, 2.45) is 11.8 Å². The van der Waals surface area contributed by atoms with E-state index in [0.29, 0.717) is 18.3 Å². The largest absolute Gasteiger partial charge is 0.497 e. The van der Waals surface area contributed by atoms with E-state index in [1.54, 1.807) is 7.11 Å². The Balaban J connectivity index is 1.64. The molecule has 1 saturated heterocycles. The maximum atomic E-state index is 12.2. The smallest absolute Gasteiger partial charge is 0.220 e. The van der Waals surface area contributed by atoms with Gasteiger partial charge in [-0.3, -0.25) is 4.79 Å². The molecule has 2 atom stereocenters. The van der Waals surface area contributed by atoms with Gasteiger partial charge in [-0.15, -0.1) is 0 Å². The summed E-state index contributed by atoms with van der Waals surface area (Å²) in [5.41, 5.74) is 1.91. The van der Waals surface area contributed by atoms with Crippen LogP contribution in [0.2, 0.25) is 0 Å². The van der Waals surface area contributed by atoms with Gasteiger partial charge in [-0.25, -0.2) is 0 Å². The summed E-state index contributed by atoms with van der Waals surface area (Å²) in [6, 6.07) is 9.93. The highest BCUT2D eigenvalue weighted by Crippen LogP contribution is 2.28. The molecule has 6 heteroatoms. The molecule has 0 unspecified atom stereocenters. The number of hydrogen-bond acceptors (Lipinski definition) is 5. The first-order valence-corrected chi connectivity index (χ1v) is 9.65. The van der Waals surface area contributed by atoms with E-state index in [1.165, 1.54) is 0 Å². The molecule has 0 spiro atoms. The van der Waals surface area contributed by atoms with E-state index in [2.05, 4.69) is 15.8 Å². The number of piperidine rings is 1. The highest BCUT2D eigenvalue weighted by atomic mass is 16.5. The number of hydrogen-bond donors (Lipinski definition) is 2. The van der Waals surface area contributed by atoms with Gasteiger partial charge >= 0.3 is 0 Å². The molecule has 1 aromatic carbocycles. The van der Waals surface area contributed by atoms with Crippen molar-refractivity contribution in [3.8, 4) is 17.1 Å². The first kappa shape index (κ1) is 19.4. The number of ether oxygens (including phenoxy) is 1. The van der Waals surface area contributed by atoms with Gasteiger partial charge < -0.3 is 19.9 Å². The maximum Gasteiger partial charge on any atom is 0.220 e. The van der Waals surface area contributed by atoms with E-state index in [0.717, 1.165) is 48.7 Å². The Hall–Kier alpha value is -2.34. The van der Waals surface area contributed by atoms with E-state index in [-0.39, 0.29) is 11.9 Å². The Bertz CT molecular complexity index is 739. The van der Waals surface area contributed by atoms with Gasteiger partial charge in [0.2, 0.25) is 5.91 Å². The summed E-state index contributed by atoms with van der Waals surface area (Å²) in [4.78, 5) is 12.2. The third-order valence-electron chi connectivity index (χ3n) is 5.07. The van der Waals surface area contributed by atoms with Crippen molar-refractivity contribution in [3.63, 3.8) is 0 Å². The minimum atomic E-state index is 0.140. The fourth-order valence-corrected chi connectivity index (χ4v) is 3.67. The monoisotopic (exact) mass is 371 g/mol. The Morgan fingerprint density at radius 3 is 2.81 bits per heavy atom. The predicted octanol–water partition coefficient (Wildman–Crippen LogP) is 3.03. The fourth-order valence-electron chi connectivity index (χ4n) is 3.67. The van der Waals surface area contributed by atoms with Crippen molar-refractivity contribution in [3.05, 3.63) is 36.0 Å². The minimum Gasteiger partial charge on any atom is -0.497 e. The molecule has 0 saturated carbocycles. The summed E-state index contributed by atoms with van der Waals surface area (Å²) in [6.07, 6.45) is 2.40. The zero-order valence-electron chi connectivity index (χ0n) is 16.3. The van der Waals surface area contributed by atoms with Crippen LogP contribution in [0.3, 0.4) is 0 Å². The lowest BCUT2D eigenvalue weighted by atomic mass is 9.81. The normalized spacial score (nSPS) is 19.9. The van der Waals surface area contributed by atoms with Crippen molar-refractivity contribution in [2.75, 3.05) is 20.2 Å². The van der Waals surface area contributed by atoms with Gasteiger partial charge in [0.25, 0.3) is 0 Å². The van der Waals surface area contributed by atoms with E-state index >= 15 is 0 Å². The second-order valence-electron chi connectivity index (χ2n) is 7.55. The van der Waals surface area contributed by atoms with Gasteiger partial charge in [0, 0.05) is 24.1 Å². The minimum absolute atomic E-state index is 0.140. The van der Waals surface area contributed by atoms with Crippen molar-refractivity contribution < 1.29 is 14.1 Å². The van der Waals surface area contributed by atoms with Crippen LogP contribution in [0, 0.1) is 11.8 Å². The molecule has 0 bridgehead atoms. The van der Waals surface area contributed by atoms with Crippen molar-refractivity contribution in [1.82, 2.24) is 15.8 Å². The van der Waals surface area contributed by atoms with Crippen molar-refractivity contribution >= 4 is 5.91 Å². The summed E-state index contributed by atoms with van der Waals surface area (Å²) in [5, 5.41) is 10.7. The van der Waals surface area contributed by atoms with Gasteiger partial charge in [-0.2, -0.15) is 0 Å². The van der Waals surface area contributed by atoms with Gasteiger partial charge in [0.05, 0.1) is 12.8 Å². The number of aromatic nitrogens is 1. The van der Waals surface area contributed by atoms with Crippen LogP contribution in [0.15, 0.2) is 34.9 Å². The van der Waals surface area contributed by atoms with E-state index < -0.39 is 0 Å². The van der Waals surface area contributed by atoms with Crippen LogP contribution in [0.1, 0.15) is 32.4 Å². The van der Waals surface area contributed by atoms with Gasteiger partial charge in [0.15, 0.2) is 5.76 Å². The van der Waals surface area contributed by atoms with Crippen molar-refractivity contribution in [1.29, 1.82) is 0 Å². The topological polar surface area (TPSA) is 76.4 Å². The molecule has 146 valence electrons. The van der Waals surface area contributed by atoms with Crippen LogP contribution in [-0.4, -0.2) is 37.3 Å². The number of benzene rings is 1. The van der Waals surface area contributed by atoms with Crippen LogP contribution in [0.25, 0.3) is 11.3 Å². The summed E-state index contributed by atoms with van der Waals surface area (Å²) in [5.74, 6) is 2.46. The van der Waals surface area contributed by atoms with E-state index in [4.69, 9.17) is 9.26 Å². The summed E-state index contributed by atoms with van der Waals surface area (Å²) < 4.78 is 10.7. The Morgan fingerprint density at radius 1 is 1.33 bits per heavy atom. The molecule has 1 aromatic heterocycles. The molecule has 1 amide bonds. The third-order valence-corrected chi connectivity index (χ3v) is 5.07. The highest BCUT2D eigenvalue weighted by molar-refractivity contribution is 5.76. The molecule has 0 aliphatic carbocycles. The maximum absolute atomic E-state index is 12.2. The number of methoxy groups -OCH3 is 1. The SMILES string of the molecule is COc1ccc(-c2cc(C[C@H]3CNCC[C@H]3CC(=O)NC(C)C)no2)cc1. The molecule has 1 aliphatic rings. The number of rotatable bonds is 7. The molecule has 2 heterocycles. The number of amides is 1. The number of carbonyl (C=O) groups excluding carboxylic acids is 1. The summed E-state index contributed by atoms with van der Waals surface area (Å²) >= 11 is 0. The second-order valence-corrected chi connectivity index (χ2v) is 7.55. The lowest BCUT2D eigenvalue weighted by Crippen LogP contribution is -2.41. The quantitative estimate of drug-likeness (QED) is 0.782. The summed E-state index contributed by atoms with van der Waals surface area (Å²) in [7, 11) is 1.65. The van der Waals surface area contributed by atoms with Crippen LogP contribution < -0.4 is 15.4 Å². The first-order valence-electron chi connectivity index (χ1n) is 9.65. The molecule has 2 aromatic rings. The average Bonchev–Trinajstić information content (AvgIpc) is 3.11. The lowest BCUT2D eigenvalue weighted by molar-refractivity contribution is -0.123. The second kappa shape index (κ2) is 9.04. The van der Waals surface area contributed by atoms with Crippen LogP contribution >= 0.6 is 0 Å². The molecular formula is C21H29N3O3. The molecule has 27 heavy (non-hydrogen) atoms. The molecule has 1 aliphatic heterocycles. The number of nitrogens with zero attached hydrogens (tertiary/aromatic N) is 1. The number of carbonyl (C=O) groups is 1. The lowest BCUT2D eigenvalue weighted by Gasteiger charge is -2.31. The molecule has 6 nitrogen and oxygen atoms in total. The highest BCUT2D eigenvalue weighted by Gasteiger charge is 2.28. The molecule has 2 N–H and O–H groups in total. The fraction of sp³-hybridized carbons (Fsp3) is 0.524. The zero-order chi connectivity index (χ0) is 19.2. The van der Waals surface area contributed by atoms with Crippen molar-refractivity contribution in [2.45, 2.75) is 39.2 Å². The molecule has 1 fully saturated rings. The number of nitrogens with one attached hydrogen (secondary N) is 2. The van der Waals surface area contributed by atoms with Crippen LogP contribution in [0.5, 0.6) is 5.75 Å². The Morgan fingerprint density at radius 2 is 2.11 bits per heavy atom. The van der Waals surface area contributed by atoms with Crippen LogP contribution in [-0.2, 0) is 11.2 Å². The molecule has 0 radical (unpaired) electrons. The average molecular weight is 371 g/mol. The first-order chi connectivity index (χ1) is 13.0. The molecular weight excluding hydrogens is 342 g/mol. The third kappa shape index (κ3) is 5.32. The molecule has 3 rings (SSSR count). The van der Waals surface area contributed by atoms with Gasteiger partial charge in [-0.1, -0.05) is 5.16 Å². The van der Waals surface area contributed by atoms with E-state index in [1.807, 2.05) is 44.2 Å². The summed E-state index contributed by atoms with van der Waals surface area (Å²) in [6.45, 7) is 5.86. The van der Waals surface area contributed by atoms with Crippen LogP contribution in [0.4, 0.5) is 0 Å². The zero-order valence-corrected chi connectivity index (χ0v) is 16.3. The Labute approximate surface area is 160 Å². The standard InChI is InChI=1S/C21H29N3O3/c1-14(2)23-21(25)11-16-8-9-22-13-17(16)10-18-12-20(27-24-18)15-4-6-19(26-3)7-5-15/h4-7,12,14,16-17,22H,8-11,13H2,1-3H3,(H,23,25)/t16-,17-/m0/s1. The predicted molar refractivity (Wildman–Crippen MR) is 105 cm³/mol. The van der Waals surface area contributed by atoms with Gasteiger partial charge in [0.1, 0.15) is 5.75 Å². The van der Waals surface area contributed by atoms with E-state index in [9.17, 15) is 4.79 Å². The Kier molecular flexibility index (Phi) is 6.50.